The Kier molecular flexibility index (Phi) is 16.8. The normalized spacial score (nSPS) is 22.0. The summed E-state index contributed by atoms with van der Waals surface area (Å²) in [6.45, 7) is 27.8. The zero-order chi connectivity index (χ0) is 45.3. The van der Waals surface area contributed by atoms with Gasteiger partial charge in [0.05, 0.1) is 29.2 Å². The van der Waals surface area contributed by atoms with E-state index < -0.39 is 5.60 Å². The number of aryl methyl sites for hydroxylation is 2. The Bertz CT molecular complexity index is 1760. The number of carbonyl (C=O) groups is 3. The molecule has 15 heteroatoms. The maximum Gasteiger partial charge on any atom is 0.410 e. The van der Waals surface area contributed by atoms with E-state index in [2.05, 4.69) is 33.0 Å². The first kappa shape index (κ1) is 48.9. The van der Waals surface area contributed by atoms with Gasteiger partial charge in [-0.2, -0.15) is 10.2 Å². The van der Waals surface area contributed by atoms with Crippen LogP contribution >= 0.6 is 0 Å². The van der Waals surface area contributed by atoms with Crippen molar-refractivity contribution in [3.8, 4) is 0 Å². The molecule has 2 spiro atoms. The van der Waals surface area contributed by atoms with Crippen LogP contribution in [0.4, 0.5) is 9.59 Å². The molecule has 2 amide bonds. The molecule has 1 N–H and O–H groups in total. The molecule has 6 saturated heterocycles. The summed E-state index contributed by atoms with van der Waals surface area (Å²) >= 11 is 0. The number of aromatic nitrogens is 4. The van der Waals surface area contributed by atoms with E-state index in [1.807, 2.05) is 69.0 Å². The smallest absolute Gasteiger partial charge is 0.410 e. The quantitative estimate of drug-likeness (QED) is 0.274. The minimum Gasteiger partial charge on any atom is -0.444 e. The zero-order valence-electron chi connectivity index (χ0n) is 40.1. The lowest BCUT2D eigenvalue weighted by Crippen LogP contribution is -2.46. The highest BCUT2D eigenvalue weighted by Crippen LogP contribution is 2.41. The van der Waals surface area contributed by atoms with Gasteiger partial charge in [0.2, 0.25) is 0 Å². The Balaban J connectivity index is 0.000000174. The van der Waals surface area contributed by atoms with Gasteiger partial charge in [0.25, 0.3) is 0 Å². The molecule has 0 aromatic carbocycles. The molecular weight excluding hydrogens is 801 g/mol. The molecule has 6 fully saturated rings. The van der Waals surface area contributed by atoms with Gasteiger partial charge in [0.1, 0.15) is 16.9 Å². The monoisotopic (exact) mass is 881 g/mol. The first-order valence-corrected chi connectivity index (χ1v) is 24.2. The second kappa shape index (κ2) is 21.6. The van der Waals surface area contributed by atoms with Crippen molar-refractivity contribution in [1.82, 2.24) is 39.6 Å². The molecule has 0 unspecified atom stereocenters. The van der Waals surface area contributed by atoms with E-state index in [9.17, 15) is 14.4 Å². The van der Waals surface area contributed by atoms with Crippen LogP contribution in [-0.2, 0) is 38.3 Å². The van der Waals surface area contributed by atoms with Crippen LogP contribution in [0.15, 0.2) is 12.1 Å². The number of nitrogens with zero attached hydrogens (tertiary/aromatic N) is 7. The van der Waals surface area contributed by atoms with E-state index in [1.165, 1.54) is 24.2 Å². The predicted octanol–water partition coefficient (Wildman–Crippen LogP) is 7.63. The number of ether oxygens (including phenoxy) is 4. The number of hydrogen-bond acceptors (Lipinski definition) is 11. The lowest BCUT2D eigenvalue weighted by atomic mass is 9.78. The minimum atomic E-state index is -0.429. The molecule has 2 aromatic heterocycles. The second-order valence-electron chi connectivity index (χ2n) is 20.9. The maximum atomic E-state index is 12.4. The molecule has 0 atom stereocenters. The molecule has 354 valence electrons. The van der Waals surface area contributed by atoms with Gasteiger partial charge in [0, 0.05) is 72.2 Å². The lowest BCUT2D eigenvalue weighted by Gasteiger charge is -2.39. The molecule has 0 bridgehead atoms. The number of amides is 2. The van der Waals surface area contributed by atoms with Gasteiger partial charge < -0.3 is 34.1 Å². The van der Waals surface area contributed by atoms with Gasteiger partial charge in [0.15, 0.2) is 6.29 Å². The molecule has 8 heterocycles. The van der Waals surface area contributed by atoms with Crippen molar-refractivity contribution in [2.45, 2.75) is 162 Å². The van der Waals surface area contributed by atoms with E-state index in [1.54, 1.807) is 0 Å². The number of rotatable bonds is 7. The maximum absolute atomic E-state index is 12.4. The Morgan fingerprint density at radius 2 is 1.19 bits per heavy atom. The van der Waals surface area contributed by atoms with Crippen LogP contribution in [0.5, 0.6) is 0 Å². The van der Waals surface area contributed by atoms with Crippen molar-refractivity contribution >= 4 is 18.5 Å². The summed E-state index contributed by atoms with van der Waals surface area (Å²) in [4.78, 5) is 41.6. The average Bonchev–Trinajstić information content (AvgIpc) is 4.08. The van der Waals surface area contributed by atoms with Gasteiger partial charge in [-0.05, 0) is 155 Å². The first-order chi connectivity index (χ1) is 30.0. The summed E-state index contributed by atoms with van der Waals surface area (Å²) in [5, 5.41) is 12.8. The van der Waals surface area contributed by atoms with Crippen molar-refractivity contribution in [3.63, 3.8) is 0 Å². The Labute approximate surface area is 377 Å². The Morgan fingerprint density at radius 1 is 0.714 bits per heavy atom. The van der Waals surface area contributed by atoms with Crippen LogP contribution < -0.4 is 5.32 Å². The van der Waals surface area contributed by atoms with Crippen molar-refractivity contribution < 1.29 is 33.3 Å². The number of likely N-dealkylation sites (tertiary alicyclic amines) is 3. The summed E-state index contributed by atoms with van der Waals surface area (Å²) in [6, 6.07) is 4.99. The zero-order valence-corrected chi connectivity index (χ0v) is 40.1. The molecular formula is C48H80N8O7. The third kappa shape index (κ3) is 13.7. The van der Waals surface area contributed by atoms with Gasteiger partial charge >= 0.3 is 12.2 Å². The van der Waals surface area contributed by atoms with Crippen molar-refractivity contribution in [2.75, 3.05) is 78.8 Å². The van der Waals surface area contributed by atoms with Crippen LogP contribution in [-0.4, -0.2) is 143 Å². The summed E-state index contributed by atoms with van der Waals surface area (Å²) < 4.78 is 26.0. The van der Waals surface area contributed by atoms with Crippen molar-refractivity contribution in [3.05, 3.63) is 34.9 Å². The van der Waals surface area contributed by atoms with Crippen LogP contribution in [0.1, 0.15) is 159 Å². The molecule has 0 aliphatic carbocycles. The van der Waals surface area contributed by atoms with E-state index in [4.69, 9.17) is 24.0 Å². The van der Waals surface area contributed by atoms with Crippen LogP contribution in [0.3, 0.4) is 0 Å². The summed E-state index contributed by atoms with van der Waals surface area (Å²) in [6.07, 6.45) is 13.3. The molecule has 6 aliphatic heterocycles. The van der Waals surface area contributed by atoms with Gasteiger partial charge in [-0.15, -0.1) is 0 Å². The summed E-state index contributed by atoms with van der Waals surface area (Å²) in [5.74, 6) is 0. The van der Waals surface area contributed by atoms with E-state index >= 15 is 0 Å². The number of piperidine rings is 2. The molecule has 0 saturated carbocycles. The summed E-state index contributed by atoms with van der Waals surface area (Å²) in [7, 11) is 0. The molecule has 0 radical (unpaired) electrons. The average molecular weight is 881 g/mol. The van der Waals surface area contributed by atoms with Gasteiger partial charge in [-0.1, -0.05) is 13.8 Å². The topological polar surface area (TPSA) is 146 Å². The Hall–Kier alpha value is -3.53. The van der Waals surface area contributed by atoms with Gasteiger partial charge in [-0.3, -0.25) is 19.1 Å². The third-order valence-corrected chi connectivity index (χ3v) is 13.8. The second-order valence-corrected chi connectivity index (χ2v) is 20.9. The van der Waals surface area contributed by atoms with Gasteiger partial charge in [-0.25, -0.2) is 9.59 Å². The first-order valence-electron chi connectivity index (χ1n) is 24.2. The fraction of sp³-hybridized carbons (Fsp3) is 0.812. The van der Waals surface area contributed by atoms with Crippen molar-refractivity contribution in [2.24, 2.45) is 10.8 Å². The molecule has 6 aliphatic rings. The highest BCUT2D eigenvalue weighted by molar-refractivity contribution is 5.72. The molecule has 8 rings (SSSR count). The molecule has 63 heavy (non-hydrogen) atoms. The standard InChI is InChI=1S/C24H40N4O3.C13H24N2O2.C11H16N2O2/c1-5-19-16-21(28(25-19)20-6-14-30-15-7-20)17-26-11-8-24(18-26)9-12-27(13-10-24)22(29)31-23(2,3)4;1-12(2,3)17-11(16)15-8-5-13(6-9-15)4-7-14-10-13;1-2-9-7-11(8-14)13(12-9)10-3-5-15-6-4-10/h16,20H,5-15,17-18H2,1-4H3;14H,4-10H2,1-3H3;7-8,10H,2-6H2,1H3. The fourth-order valence-corrected chi connectivity index (χ4v) is 9.97. The van der Waals surface area contributed by atoms with E-state index in [-0.39, 0.29) is 17.8 Å². The minimum absolute atomic E-state index is 0.154. The van der Waals surface area contributed by atoms with Crippen LogP contribution in [0, 0.1) is 10.8 Å². The molecule has 15 nitrogen and oxygen atoms in total. The Morgan fingerprint density at radius 3 is 1.67 bits per heavy atom. The van der Waals surface area contributed by atoms with Crippen LogP contribution in [0.25, 0.3) is 0 Å². The largest absolute Gasteiger partial charge is 0.444 e. The van der Waals surface area contributed by atoms with Crippen molar-refractivity contribution in [1.29, 1.82) is 0 Å². The van der Waals surface area contributed by atoms with E-state index in [0.717, 1.165) is 162 Å². The predicted molar refractivity (Wildman–Crippen MR) is 243 cm³/mol. The number of nitrogens with one attached hydrogen (secondary N) is 1. The SMILES string of the molecule is CC(C)(C)OC(=O)N1CCC2(CCNC2)CC1.CCc1cc(C=O)n(C2CCOCC2)n1.CCc1cc(CN2CCC3(CCN(C(=O)OC(C)(C)C)CC3)C2)n(C2CCOCC2)n1. The van der Waals surface area contributed by atoms with E-state index in [0.29, 0.717) is 28.6 Å². The highest BCUT2D eigenvalue weighted by Gasteiger charge is 2.43. The highest BCUT2D eigenvalue weighted by atomic mass is 16.6. The lowest BCUT2D eigenvalue weighted by molar-refractivity contribution is 0.0102. The third-order valence-electron chi connectivity index (χ3n) is 13.8. The number of aldehydes is 1. The number of hydrogen-bond donors (Lipinski definition) is 1. The fourth-order valence-electron chi connectivity index (χ4n) is 9.97. The summed E-state index contributed by atoms with van der Waals surface area (Å²) in [5.41, 5.74) is 4.21. The number of carbonyl (C=O) groups excluding carboxylic acids is 3. The molecule has 2 aromatic rings. The van der Waals surface area contributed by atoms with Crippen LogP contribution in [0.2, 0.25) is 0 Å².